The van der Waals surface area contributed by atoms with Gasteiger partial charge in [0.1, 0.15) is 0 Å². The first-order valence-electron chi connectivity index (χ1n) is 6.77. The van der Waals surface area contributed by atoms with Crippen LogP contribution < -0.4 is 5.32 Å². The van der Waals surface area contributed by atoms with Crippen LogP contribution in [0.25, 0.3) is 0 Å². The Bertz CT molecular complexity index is 373. The molecule has 1 aliphatic rings. The van der Waals surface area contributed by atoms with E-state index >= 15 is 0 Å². The van der Waals surface area contributed by atoms with Crippen molar-refractivity contribution >= 4 is 21.6 Å². The fraction of sp³-hybridized carbons (Fsp3) is 0.600. The predicted molar refractivity (Wildman–Crippen MR) is 82.1 cm³/mol. The summed E-state index contributed by atoms with van der Waals surface area (Å²) < 4.78 is 1.13. The molecular formula is C15H23BrN2. The summed E-state index contributed by atoms with van der Waals surface area (Å²) >= 11 is 3.45. The lowest BCUT2D eigenvalue weighted by Gasteiger charge is -2.38. The summed E-state index contributed by atoms with van der Waals surface area (Å²) in [6.45, 7) is 9.40. The van der Waals surface area contributed by atoms with Crippen molar-refractivity contribution in [1.82, 2.24) is 4.90 Å². The maximum Gasteiger partial charge on any atom is 0.0341 e. The van der Waals surface area contributed by atoms with Crippen LogP contribution in [0.15, 0.2) is 28.7 Å². The van der Waals surface area contributed by atoms with E-state index in [0.717, 1.165) is 17.6 Å². The van der Waals surface area contributed by atoms with Gasteiger partial charge < -0.3 is 10.2 Å². The highest BCUT2D eigenvalue weighted by Crippen LogP contribution is 2.28. The lowest BCUT2D eigenvalue weighted by atomic mass is 9.84. The third-order valence-electron chi connectivity index (χ3n) is 3.58. The molecule has 1 aromatic carbocycles. The molecule has 3 heteroatoms. The first kappa shape index (κ1) is 13.9. The van der Waals surface area contributed by atoms with Gasteiger partial charge in [-0.15, -0.1) is 0 Å². The van der Waals surface area contributed by atoms with Crippen LogP contribution in [0.3, 0.4) is 0 Å². The second-order valence-electron chi connectivity index (χ2n) is 5.98. The molecule has 0 radical (unpaired) electrons. The monoisotopic (exact) mass is 310 g/mol. The Hall–Kier alpha value is -0.540. The molecule has 1 heterocycles. The molecule has 0 aromatic heterocycles. The van der Waals surface area contributed by atoms with E-state index in [-0.39, 0.29) is 0 Å². The molecule has 1 saturated heterocycles. The summed E-state index contributed by atoms with van der Waals surface area (Å²) in [5, 5.41) is 3.48. The molecule has 1 aromatic rings. The molecule has 100 valence electrons. The predicted octanol–water partition coefficient (Wildman–Crippen LogP) is 3.98. The minimum Gasteiger partial charge on any atom is -0.384 e. The third-order valence-corrected chi connectivity index (χ3v) is 4.11. The molecule has 0 aliphatic carbocycles. The number of nitrogens with one attached hydrogen (secondary N) is 1. The van der Waals surface area contributed by atoms with Gasteiger partial charge in [-0.25, -0.2) is 0 Å². The maximum atomic E-state index is 3.48. The first-order valence-corrected chi connectivity index (χ1v) is 7.56. The van der Waals surface area contributed by atoms with Crippen LogP contribution in [0.2, 0.25) is 0 Å². The molecule has 0 bridgehead atoms. The fourth-order valence-corrected chi connectivity index (χ4v) is 2.93. The lowest BCUT2D eigenvalue weighted by Crippen LogP contribution is -2.42. The number of rotatable bonds is 4. The molecule has 0 spiro atoms. The van der Waals surface area contributed by atoms with Crippen molar-refractivity contribution in [3.8, 4) is 0 Å². The molecular weight excluding hydrogens is 288 g/mol. The summed E-state index contributed by atoms with van der Waals surface area (Å²) in [6.07, 6.45) is 2.70. The zero-order valence-electron chi connectivity index (χ0n) is 11.4. The Morgan fingerprint density at radius 1 is 1.28 bits per heavy atom. The molecule has 0 unspecified atom stereocenters. The van der Waals surface area contributed by atoms with Crippen LogP contribution in [0.1, 0.15) is 26.7 Å². The number of benzene rings is 1. The number of piperidine rings is 1. The summed E-state index contributed by atoms with van der Waals surface area (Å²) in [5.41, 5.74) is 1.70. The molecule has 2 nitrogen and oxygen atoms in total. The van der Waals surface area contributed by atoms with E-state index in [4.69, 9.17) is 0 Å². The van der Waals surface area contributed by atoms with Gasteiger partial charge in [-0.1, -0.05) is 29.8 Å². The molecule has 1 aliphatic heterocycles. The van der Waals surface area contributed by atoms with E-state index in [9.17, 15) is 0 Å². The normalized spacial score (nSPS) is 19.7. The Morgan fingerprint density at radius 3 is 2.67 bits per heavy atom. The van der Waals surface area contributed by atoms with E-state index in [1.807, 2.05) is 0 Å². The van der Waals surface area contributed by atoms with Crippen molar-refractivity contribution in [3.05, 3.63) is 28.7 Å². The van der Waals surface area contributed by atoms with Crippen LogP contribution in [-0.2, 0) is 0 Å². The Kier molecular flexibility index (Phi) is 4.68. The van der Waals surface area contributed by atoms with E-state index in [1.54, 1.807) is 0 Å². The molecule has 0 amide bonds. The highest BCUT2D eigenvalue weighted by molar-refractivity contribution is 9.10. The Labute approximate surface area is 119 Å². The highest BCUT2D eigenvalue weighted by atomic mass is 79.9. The molecule has 1 N–H and O–H groups in total. The molecule has 18 heavy (non-hydrogen) atoms. The second-order valence-corrected chi connectivity index (χ2v) is 6.89. The van der Waals surface area contributed by atoms with E-state index in [1.165, 1.54) is 31.6 Å². The van der Waals surface area contributed by atoms with Crippen molar-refractivity contribution in [1.29, 1.82) is 0 Å². The van der Waals surface area contributed by atoms with Crippen LogP contribution in [-0.4, -0.2) is 31.1 Å². The van der Waals surface area contributed by atoms with Gasteiger partial charge in [-0.2, -0.15) is 0 Å². The summed E-state index contributed by atoms with van der Waals surface area (Å²) in [6, 6.07) is 8.38. The largest absolute Gasteiger partial charge is 0.384 e. The van der Waals surface area contributed by atoms with E-state index in [2.05, 4.69) is 64.3 Å². The zero-order chi connectivity index (χ0) is 13.0. The van der Waals surface area contributed by atoms with Gasteiger partial charge in [0.25, 0.3) is 0 Å². The Balaban J connectivity index is 1.73. The SMILES string of the molecule is CC1(C)CCCN(CCNc2ccc(Br)cc2)C1. The van der Waals surface area contributed by atoms with Crippen LogP contribution >= 0.6 is 15.9 Å². The number of halogens is 1. The van der Waals surface area contributed by atoms with Crippen molar-refractivity contribution in [2.75, 3.05) is 31.5 Å². The van der Waals surface area contributed by atoms with Gasteiger partial charge in [0.15, 0.2) is 0 Å². The minimum absolute atomic E-state index is 0.496. The van der Waals surface area contributed by atoms with Gasteiger partial charge in [0, 0.05) is 29.8 Å². The standard InChI is InChI=1S/C15H23BrN2/c1-15(2)8-3-10-18(12-15)11-9-17-14-6-4-13(16)5-7-14/h4-7,17H,3,8-12H2,1-2H3. The van der Waals surface area contributed by atoms with Crippen LogP contribution in [0.5, 0.6) is 0 Å². The number of hydrogen-bond acceptors (Lipinski definition) is 2. The molecule has 0 saturated carbocycles. The van der Waals surface area contributed by atoms with Gasteiger partial charge in [0.05, 0.1) is 0 Å². The molecule has 2 rings (SSSR count). The highest BCUT2D eigenvalue weighted by Gasteiger charge is 2.25. The zero-order valence-corrected chi connectivity index (χ0v) is 13.0. The number of anilines is 1. The summed E-state index contributed by atoms with van der Waals surface area (Å²) in [5.74, 6) is 0. The van der Waals surface area contributed by atoms with E-state index in [0.29, 0.717) is 5.41 Å². The summed E-state index contributed by atoms with van der Waals surface area (Å²) in [7, 11) is 0. The van der Waals surface area contributed by atoms with Crippen LogP contribution in [0.4, 0.5) is 5.69 Å². The quantitative estimate of drug-likeness (QED) is 0.905. The van der Waals surface area contributed by atoms with Crippen molar-refractivity contribution in [2.24, 2.45) is 5.41 Å². The first-order chi connectivity index (χ1) is 8.55. The van der Waals surface area contributed by atoms with Crippen molar-refractivity contribution < 1.29 is 0 Å². The molecule has 0 atom stereocenters. The number of nitrogens with zero attached hydrogens (tertiary/aromatic N) is 1. The van der Waals surface area contributed by atoms with Crippen molar-refractivity contribution in [3.63, 3.8) is 0 Å². The van der Waals surface area contributed by atoms with Gasteiger partial charge in [-0.05, 0) is 49.1 Å². The Morgan fingerprint density at radius 2 is 2.00 bits per heavy atom. The lowest BCUT2D eigenvalue weighted by molar-refractivity contribution is 0.122. The third kappa shape index (κ3) is 4.29. The fourth-order valence-electron chi connectivity index (χ4n) is 2.66. The summed E-state index contributed by atoms with van der Waals surface area (Å²) in [4.78, 5) is 2.58. The number of hydrogen-bond donors (Lipinski definition) is 1. The topological polar surface area (TPSA) is 15.3 Å². The maximum absolute atomic E-state index is 3.48. The van der Waals surface area contributed by atoms with Gasteiger partial charge in [0.2, 0.25) is 0 Å². The number of likely N-dealkylation sites (tertiary alicyclic amines) is 1. The van der Waals surface area contributed by atoms with Gasteiger partial charge >= 0.3 is 0 Å². The smallest absolute Gasteiger partial charge is 0.0341 e. The van der Waals surface area contributed by atoms with Crippen LogP contribution in [0, 0.1) is 5.41 Å². The molecule has 1 fully saturated rings. The minimum atomic E-state index is 0.496. The average molecular weight is 311 g/mol. The van der Waals surface area contributed by atoms with E-state index < -0.39 is 0 Å². The van der Waals surface area contributed by atoms with Crippen molar-refractivity contribution in [2.45, 2.75) is 26.7 Å². The van der Waals surface area contributed by atoms with Gasteiger partial charge in [-0.3, -0.25) is 0 Å². The average Bonchev–Trinajstić information content (AvgIpc) is 2.30. The second kappa shape index (κ2) is 6.07.